The average Bonchev–Trinajstić information content (AvgIpc) is 3.18. The first-order valence-electron chi connectivity index (χ1n) is 7.78. The first kappa shape index (κ1) is 17.3. The van der Waals surface area contributed by atoms with E-state index in [-0.39, 0.29) is 18.9 Å². The Hall–Kier alpha value is -2.08. The van der Waals surface area contributed by atoms with Crippen LogP contribution in [0, 0.1) is 5.92 Å². The number of anilines is 1. The first-order chi connectivity index (χ1) is 12.4. The van der Waals surface area contributed by atoms with Gasteiger partial charge >= 0.3 is 0 Å². The zero-order valence-electron chi connectivity index (χ0n) is 13.2. The lowest BCUT2D eigenvalue weighted by atomic mass is 10.1. The summed E-state index contributed by atoms with van der Waals surface area (Å²) in [4.78, 5) is 29.5. The van der Waals surface area contributed by atoms with E-state index in [9.17, 15) is 9.59 Å². The van der Waals surface area contributed by atoms with Gasteiger partial charge < -0.3 is 9.32 Å². The second-order valence-corrected chi connectivity index (χ2v) is 7.22. The van der Waals surface area contributed by atoms with Crippen molar-refractivity contribution < 1.29 is 14.0 Å². The average molecular weight is 410 g/mol. The quantitative estimate of drug-likeness (QED) is 0.576. The molecule has 5 nitrogen and oxygen atoms in total. The third-order valence-electron chi connectivity index (χ3n) is 4.29. The Labute approximate surface area is 163 Å². The van der Waals surface area contributed by atoms with Crippen molar-refractivity contribution in [3.63, 3.8) is 0 Å². The SMILES string of the molecule is O=C(Cl)[C@@H]1CC(=O)N(c2ccc(Cl)c(-c3nc4cc(Cl)ccc4o3)c2)C1. The highest BCUT2D eigenvalue weighted by Crippen LogP contribution is 2.35. The molecule has 4 rings (SSSR count). The summed E-state index contributed by atoms with van der Waals surface area (Å²) in [6, 6.07) is 10.2. The predicted octanol–water partition coefficient (Wildman–Crippen LogP) is 4.92. The fourth-order valence-corrected chi connectivity index (χ4v) is 3.48. The van der Waals surface area contributed by atoms with Gasteiger partial charge in [0.25, 0.3) is 0 Å². The van der Waals surface area contributed by atoms with Crippen LogP contribution >= 0.6 is 34.8 Å². The summed E-state index contributed by atoms with van der Waals surface area (Å²) in [6.45, 7) is 0.241. The second kappa shape index (κ2) is 6.58. The van der Waals surface area contributed by atoms with Gasteiger partial charge in [-0.3, -0.25) is 9.59 Å². The highest BCUT2D eigenvalue weighted by molar-refractivity contribution is 6.64. The van der Waals surface area contributed by atoms with Crippen LogP contribution in [0.25, 0.3) is 22.6 Å². The number of carbonyl (C=O) groups excluding carboxylic acids is 2. The fraction of sp³-hybridized carbons (Fsp3) is 0.167. The molecule has 26 heavy (non-hydrogen) atoms. The zero-order valence-corrected chi connectivity index (χ0v) is 15.5. The Balaban J connectivity index is 1.74. The van der Waals surface area contributed by atoms with Crippen molar-refractivity contribution >= 4 is 62.7 Å². The van der Waals surface area contributed by atoms with E-state index >= 15 is 0 Å². The second-order valence-electron chi connectivity index (χ2n) is 6.00. The summed E-state index contributed by atoms with van der Waals surface area (Å²) in [6.07, 6.45) is 0.0989. The molecule has 8 heteroatoms. The minimum atomic E-state index is -0.508. The number of halogens is 3. The molecule has 1 aliphatic heterocycles. The lowest BCUT2D eigenvalue weighted by Gasteiger charge is -2.17. The molecule has 132 valence electrons. The number of amides is 1. The molecule has 2 aromatic carbocycles. The Bertz CT molecular complexity index is 1050. The van der Waals surface area contributed by atoms with Crippen LogP contribution in [0.5, 0.6) is 0 Å². The van der Waals surface area contributed by atoms with E-state index in [4.69, 9.17) is 39.2 Å². The van der Waals surface area contributed by atoms with Crippen LogP contribution in [0.3, 0.4) is 0 Å². The highest BCUT2D eigenvalue weighted by Gasteiger charge is 2.34. The number of hydrogen-bond donors (Lipinski definition) is 0. The third kappa shape index (κ3) is 3.07. The summed E-state index contributed by atoms with van der Waals surface area (Å²) < 4.78 is 5.76. The van der Waals surface area contributed by atoms with Crippen molar-refractivity contribution in [3.8, 4) is 11.5 Å². The molecule has 1 aromatic heterocycles. The molecule has 0 spiro atoms. The van der Waals surface area contributed by atoms with Gasteiger partial charge in [0.05, 0.1) is 16.5 Å². The predicted molar refractivity (Wildman–Crippen MR) is 101 cm³/mol. The van der Waals surface area contributed by atoms with Gasteiger partial charge in [-0.25, -0.2) is 4.98 Å². The number of hydrogen-bond acceptors (Lipinski definition) is 4. The fourth-order valence-electron chi connectivity index (χ4n) is 2.97. The molecule has 1 atom stereocenters. The Morgan fingerprint density at radius 3 is 2.73 bits per heavy atom. The van der Waals surface area contributed by atoms with Crippen molar-refractivity contribution in [2.24, 2.45) is 5.92 Å². The van der Waals surface area contributed by atoms with E-state index in [1.54, 1.807) is 36.4 Å². The molecule has 1 fully saturated rings. The minimum absolute atomic E-state index is 0.0989. The molecule has 0 unspecified atom stereocenters. The molecule has 0 bridgehead atoms. The van der Waals surface area contributed by atoms with Gasteiger partial charge in [-0.1, -0.05) is 23.2 Å². The zero-order chi connectivity index (χ0) is 18.4. The first-order valence-corrected chi connectivity index (χ1v) is 8.91. The maximum absolute atomic E-state index is 12.2. The maximum atomic E-state index is 12.2. The van der Waals surface area contributed by atoms with Gasteiger partial charge in [0.1, 0.15) is 5.52 Å². The van der Waals surface area contributed by atoms with Crippen LogP contribution in [0.15, 0.2) is 40.8 Å². The number of fused-ring (bicyclic) bond motifs is 1. The van der Waals surface area contributed by atoms with Crippen molar-refractivity contribution in [2.45, 2.75) is 6.42 Å². The summed E-state index contributed by atoms with van der Waals surface area (Å²) in [5, 5.41) is 0.477. The van der Waals surface area contributed by atoms with Crippen LogP contribution < -0.4 is 4.90 Å². The summed E-state index contributed by atoms with van der Waals surface area (Å²) in [5.74, 6) is -0.345. The molecule has 2 heterocycles. The van der Waals surface area contributed by atoms with Gasteiger partial charge in [0, 0.05) is 23.7 Å². The molecule has 0 saturated carbocycles. The van der Waals surface area contributed by atoms with E-state index in [0.717, 1.165) is 0 Å². The summed E-state index contributed by atoms with van der Waals surface area (Å²) in [5.41, 5.74) is 2.34. The van der Waals surface area contributed by atoms with E-state index in [0.29, 0.717) is 38.3 Å². The number of nitrogens with zero attached hydrogens (tertiary/aromatic N) is 2. The van der Waals surface area contributed by atoms with Crippen LogP contribution in [-0.4, -0.2) is 22.7 Å². The Morgan fingerprint density at radius 1 is 1.19 bits per heavy atom. The number of benzene rings is 2. The number of carbonyl (C=O) groups is 2. The van der Waals surface area contributed by atoms with Crippen LogP contribution in [0.4, 0.5) is 5.69 Å². The van der Waals surface area contributed by atoms with E-state index < -0.39 is 11.2 Å². The summed E-state index contributed by atoms with van der Waals surface area (Å²) >= 11 is 17.8. The van der Waals surface area contributed by atoms with Crippen molar-refractivity contribution in [1.82, 2.24) is 4.98 Å². The molecule has 1 saturated heterocycles. The standard InChI is InChI=1S/C18H11Cl3N2O3/c19-10-1-4-15-14(6-10)22-18(26-15)12-7-11(2-3-13(12)20)23-8-9(17(21)25)5-16(23)24/h1-4,6-7,9H,5,8H2/t9-/m1/s1. The van der Waals surface area contributed by atoms with Crippen LogP contribution in [0.1, 0.15) is 6.42 Å². The number of oxazole rings is 1. The van der Waals surface area contributed by atoms with E-state index in [1.165, 1.54) is 4.90 Å². The van der Waals surface area contributed by atoms with Crippen molar-refractivity contribution in [2.75, 3.05) is 11.4 Å². The molecule has 0 radical (unpaired) electrons. The molecule has 1 aliphatic rings. The lowest BCUT2D eigenvalue weighted by molar-refractivity contribution is -0.120. The molecule has 0 N–H and O–H groups in total. The van der Waals surface area contributed by atoms with Gasteiger partial charge in [-0.2, -0.15) is 0 Å². The highest BCUT2D eigenvalue weighted by atomic mass is 35.5. The van der Waals surface area contributed by atoms with Crippen molar-refractivity contribution in [3.05, 3.63) is 46.4 Å². The van der Waals surface area contributed by atoms with Crippen LogP contribution in [0.2, 0.25) is 10.0 Å². The van der Waals surface area contributed by atoms with Crippen molar-refractivity contribution in [1.29, 1.82) is 0 Å². The van der Waals surface area contributed by atoms with E-state index in [1.807, 2.05) is 0 Å². The topological polar surface area (TPSA) is 63.4 Å². The van der Waals surface area contributed by atoms with Crippen LogP contribution in [-0.2, 0) is 9.59 Å². The lowest BCUT2D eigenvalue weighted by Crippen LogP contribution is -2.25. The molecular weight excluding hydrogens is 399 g/mol. The Morgan fingerprint density at radius 2 is 2.00 bits per heavy atom. The largest absolute Gasteiger partial charge is 0.436 e. The maximum Gasteiger partial charge on any atom is 0.228 e. The number of aromatic nitrogens is 1. The summed E-state index contributed by atoms with van der Waals surface area (Å²) in [7, 11) is 0. The van der Waals surface area contributed by atoms with Gasteiger partial charge in [0.15, 0.2) is 5.58 Å². The van der Waals surface area contributed by atoms with E-state index in [2.05, 4.69) is 4.98 Å². The molecule has 1 amide bonds. The Kier molecular flexibility index (Phi) is 4.39. The van der Waals surface area contributed by atoms with Gasteiger partial charge in [-0.05, 0) is 48.0 Å². The monoisotopic (exact) mass is 408 g/mol. The normalized spacial score (nSPS) is 17.3. The smallest absolute Gasteiger partial charge is 0.228 e. The van der Waals surface area contributed by atoms with Gasteiger partial charge in [0.2, 0.25) is 17.0 Å². The third-order valence-corrected chi connectivity index (χ3v) is 5.16. The van der Waals surface area contributed by atoms with Gasteiger partial charge in [-0.15, -0.1) is 0 Å². The molecular formula is C18H11Cl3N2O3. The minimum Gasteiger partial charge on any atom is -0.436 e. The number of rotatable bonds is 3. The molecule has 0 aliphatic carbocycles. The molecule has 3 aromatic rings.